The molecule has 3 N–H and O–H groups in total. The summed E-state index contributed by atoms with van der Waals surface area (Å²) >= 11 is 0. The van der Waals surface area contributed by atoms with Crippen molar-refractivity contribution in [3.8, 4) is 0 Å². The van der Waals surface area contributed by atoms with E-state index in [1.807, 2.05) is 0 Å². The minimum atomic E-state index is -0.773. The van der Waals surface area contributed by atoms with Gasteiger partial charge >= 0.3 is 5.97 Å². The summed E-state index contributed by atoms with van der Waals surface area (Å²) < 4.78 is 10.8. The van der Waals surface area contributed by atoms with Gasteiger partial charge in [0.15, 0.2) is 0 Å². The number of ether oxygens (including phenoxy) is 2. The van der Waals surface area contributed by atoms with Crippen molar-refractivity contribution in [3.05, 3.63) is 0 Å². The molecule has 0 aliphatic heterocycles. The fourth-order valence-corrected chi connectivity index (χ4v) is 2.51. The molecular formula is C21H38N2O7. The van der Waals surface area contributed by atoms with Gasteiger partial charge in [-0.15, -0.1) is 0 Å². The van der Waals surface area contributed by atoms with Gasteiger partial charge < -0.3 is 30.0 Å². The number of Topliss-reactive ketones (excluding diaryl/α,β-unsaturated/α-hetero) is 1. The number of carboxylic acid groups (broad SMARTS) is 1. The quantitative estimate of drug-likeness (QED) is 0.237. The van der Waals surface area contributed by atoms with Crippen molar-refractivity contribution >= 4 is 23.6 Å². The molecule has 30 heavy (non-hydrogen) atoms. The molecule has 0 fully saturated rings. The van der Waals surface area contributed by atoms with E-state index in [-0.39, 0.29) is 36.9 Å². The monoisotopic (exact) mass is 430 g/mol. The molecule has 0 heterocycles. The predicted octanol–water partition coefficient (Wildman–Crippen LogP) is 1.83. The molecule has 0 unspecified atom stereocenters. The van der Waals surface area contributed by atoms with Gasteiger partial charge in [-0.3, -0.25) is 14.4 Å². The number of carbonyl (C=O) groups is 4. The van der Waals surface area contributed by atoms with E-state index in [0.717, 1.165) is 25.7 Å². The molecule has 0 aromatic carbocycles. The second-order valence-corrected chi connectivity index (χ2v) is 7.14. The topological polar surface area (TPSA) is 131 Å². The summed E-state index contributed by atoms with van der Waals surface area (Å²) in [7, 11) is 0. The van der Waals surface area contributed by atoms with Crippen molar-refractivity contribution in [3.63, 3.8) is 0 Å². The highest BCUT2D eigenvalue weighted by molar-refractivity contribution is 5.83. The Morgan fingerprint density at radius 2 is 1.13 bits per heavy atom. The fourth-order valence-electron chi connectivity index (χ4n) is 2.51. The number of rotatable bonds is 21. The highest BCUT2D eigenvalue weighted by atomic mass is 16.5. The van der Waals surface area contributed by atoms with Gasteiger partial charge in [-0.2, -0.15) is 0 Å². The molecule has 9 heteroatoms. The maximum Gasteiger partial charge on any atom is 0.303 e. The zero-order chi connectivity index (χ0) is 22.5. The second kappa shape index (κ2) is 20.3. The molecule has 174 valence electrons. The van der Waals surface area contributed by atoms with E-state index in [1.165, 1.54) is 6.92 Å². The first kappa shape index (κ1) is 28.0. The first-order chi connectivity index (χ1) is 14.4. The van der Waals surface area contributed by atoms with Gasteiger partial charge in [0.05, 0.1) is 13.2 Å². The van der Waals surface area contributed by atoms with Crippen LogP contribution in [0.15, 0.2) is 0 Å². The maximum absolute atomic E-state index is 11.6. The number of unbranched alkanes of at least 4 members (excludes halogenated alkanes) is 3. The third-order valence-electron chi connectivity index (χ3n) is 4.20. The van der Waals surface area contributed by atoms with Gasteiger partial charge in [0.2, 0.25) is 11.8 Å². The molecule has 0 aliphatic rings. The van der Waals surface area contributed by atoms with Crippen LogP contribution in [0.5, 0.6) is 0 Å². The van der Waals surface area contributed by atoms with Crippen LogP contribution in [0.2, 0.25) is 0 Å². The molecule has 0 atom stereocenters. The summed E-state index contributed by atoms with van der Waals surface area (Å²) in [6.45, 7) is 4.61. The van der Waals surface area contributed by atoms with Crippen LogP contribution in [0.4, 0.5) is 0 Å². The number of aliphatic carboxylic acids is 1. The summed E-state index contributed by atoms with van der Waals surface area (Å²) in [4.78, 5) is 44.2. The van der Waals surface area contributed by atoms with Gasteiger partial charge in [0.25, 0.3) is 0 Å². The van der Waals surface area contributed by atoms with Crippen LogP contribution < -0.4 is 10.6 Å². The highest BCUT2D eigenvalue weighted by Gasteiger charge is 2.03. The van der Waals surface area contributed by atoms with Gasteiger partial charge in [-0.1, -0.05) is 12.8 Å². The van der Waals surface area contributed by atoms with Crippen LogP contribution in [0, 0.1) is 0 Å². The minimum absolute atomic E-state index is 0.0117. The fraction of sp³-hybridized carbons (Fsp3) is 0.810. The Hall–Kier alpha value is -2.00. The van der Waals surface area contributed by atoms with Crippen LogP contribution in [-0.2, 0) is 28.7 Å². The van der Waals surface area contributed by atoms with Crippen LogP contribution in [0.1, 0.15) is 71.1 Å². The van der Waals surface area contributed by atoms with E-state index in [9.17, 15) is 19.2 Å². The average Bonchev–Trinajstić information content (AvgIpc) is 2.69. The van der Waals surface area contributed by atoms with Crippen LogP contribution >= 0.6 is 0 Å². The number of hydrogen-bond donors (Lipinski definition) is 3. The van der Waals surface area contributed by atoms with E-state index in [4.69, 9.17) is 14.6 Å². The Balaban J connectivity index is 3.25. The summed E-state index contributed by atoms with van der Waals surface area (Å²) in [5.74, 6) is -0.857. The maximum atomic E-state index is 11.6. The van der Waals surface area contributed by atoms with E-state index in [0.29, 0.717) is 58.8 Å². The lowest BCUT2D eigenvalue weighted by Crippen LogP contribution is -2.25. The zero-order valence-electron chi connectivity index (χ0n) is 18.2. The number of nitrogens with one attached hydrogen (secondary N) is 2. The molecule has 2 amide bonds. The van der Waals surface area contributed by atoms with Crippen molar-refractivity contribution in [2.24, 2.45) is 0 Å². The standard InChI is InChI=1S/C21H38N2O7/c1-18(24)10-11-20(26)23-13-7-15-30-17-16-29-14-6-12-22-19(25)8-4-2-3-5-9-21(27)28/h2-17H2,1H3,(H,22,25)(H,23,26)(H,27,28). The molecule has 0 spiro atoms. The number of hydrogen-bond acceptors (Lipinski definition) is 6. The number of carbonyl (C=O) groups excluding carboxylic acids is 3. The van der Waals surface area contributed by atoms with Crippen LogP contribution in [0.25, 0.3) is 0 Å². The number of ketones is 1. The Morgan fingerprint density at radius 1 is 0.633 bits per heavy atom. The van der Waals surface area contributed by atoms with Gasteiger partial charge in [-0.25, -0.2) is 0 Å². The summed E-state index contributed by atoms with van der Waals surface area (Å²) in [5.41, 5.74) is 0. The Kier molecular flexibility index (Phi) is 18.9. The lowest BCUT2D eigenvalue weighted by atomic mass is 10.1. The molecule has 0 radical (unpaired) electrons. The smallest absolute Gasteiger partial charge is 0.303 e. The molecule has 0 aromatic rings. The largest absolute Gasteiger partial charge is 0.481 e. The summed E-state index contributed by atoms with van der Waals surface area (Å²) in [6, 6.07) is 0. The van der Waals surface area contributed by atoms with E-state index in [2.05, 4.69) is 10.6 Å². The molecule has 0 aliphatic carbocycles. The van der Waals surface area contributed by atoms with Crippen molar-refractivity contribution in [2.75, 3.05) is 39.5 Å². The zero-order valence-corrected chi connectivity index (χ0v) is 18.2. The van der Waals surface area contributed by atoms with Gasteiger partial charge in [0, 0.05) is 52.0 Å². The van der Waals surface area contributed by atoms with Crippen molar-refractivity contribution in [1.29, 1.82) is 0 Å². The van der Waals surface area contributed by atoms with E-state index >= 15 is 0 Å². The molecule has 0 aromatic heterocycles. The Morgan fingerprint density at radius 3 is 1.63 bits per heavy atom. The average molecular weight is 431 g/mol. The lowest BCUT2D eigenvalue weighted by Gasteiger charge is -2.08. The van der Waals surface area contributed by atoms with E-state index < -0.39 is 5.97 Å². The molecule has 0 bridgehead atoms. The van der Waals surface area contributed by atoms with Crippen molar-refractivity contribution < 1.29 is 33.8 Å². The molecule has 9 nitrogen and oxygen atoms in total. The first-order valence-electron chi connectivity index (χ1n) is 10.8. The van der Waals surface area contributed by atoms with Gasteiger partial charge in [-0.05, 0) is 32.6 Å². The molecular weight excluding hydrogens is 392 g/mol. The third-order valence-corrected chi connectivity index (χ3v) is 4.20. The first-order valence-corrected chi connectivity index (χ1v) is 10.8. The Labute approximate surface area is 179 Å². The summed E-state index contributed by atoms with van der Waals surface area (Å²) in [5, 5.41) is 14.1. The molecule has 0 rings (SSSR count). The van der Waals surface area contributed by atoms with Crippen LogP contribution in [-0.4, -0.2) is 68.2 Å². The lowest BCUT2D eigenvalue weighted by molar-refractivity contribution is -0.137. The normalized spacial score (nSPS) is 10.6. The summed E-state index contributed by atoms with van der Waals surface area (Å²) in [6.07, 6.45) is 5.77. The SMILES string of the molecule is CC(=O)CCC(=O)NCCCOCCOCCCNC(=O)CCCCCCC(=O)O. The number of carboxylic acids is 1. The second-order valence-electron chi connectivity index (χ2n) is 7.14. The van der Waals surface area contributed by atoms with E-state index in [1.54, 1.807) is 0 Å². The molecule has 0 saturated carbocycles. The highest BCUT2D eigenvalue weighted by Crippen LogP contribution is 2.05. The number of amides is 2. The third kappa shape index (κ3) is 22.3. The van der Waals surface area contributed by atoms with Crippen molar-refractivity contribution in [2.45, 2.75) is 71.1 Å². The predicted molar refractivity (Wildman–Crippen MR) is 112 cm³/mol. The van der Waals surface area contributed by atoms with Crippen molar-refractivity contribution in [1.82, 2.24) is 10.6 Å². The molecule has 0 saturated heterocycles. The Bertz CT molecular complexity index is 498. The van der Waals surface area contributed by atoms with Crippen LogP contribution in [0.3, 0.4) is 0 Å². The minimum Gasteiger partial charge on any atom is -0.481 e. The van der Waals surface area contributed by atoms with Gasteiger partial charge in [0.1, 0.15) is 5.78 Å².